The van der Waals surface area contributed by atoms with E-state index in [1.54, 1.807) is 0 Å². The molecule has 1 heterocycles. The van der Waals surface area contributed by atoms with Crippen molar-refractivity contribution in [1.82, 2.24) is 0 Å². The number of halogens is 4. The maximum atomic E-state index is 13.1. The summed E-state index contributed by atoms with van der Waals surface area (Å²) in [5, 5.41) is 11.7. The summed E-state index contributed by atoms with van der Waals surface area (Å²) in [4.78, 5) is 25.5. The molecule has 1 aliphatic carbocycles. The predicted octanol–water partition coefficient (Wildman–Crippen LogP) is 5.01. The molecule has 0 amide bonds. The molecule has 2 aromatic carbocycles. The molecule has 1 aromatic heterocycles. The van der Waals surface area contributed by atoms with Gasteiger partial charge in [-0.05, 0) is 54.2 Å². The molecule has 0 unspecified atom stereocenters. The molecule has 254 valence electrons. The average Bonchev–Trinajstić information content (AvgIpc) is 3.80. The molecule has 1 N–H and O–H groups in total. The molecular formula is C30H30Cl2F2N2O10S. The average molecular weight is 720 g/mol. The molecule has 12 nitrogen and oxygen atoms in total. The number of ether oxygens (including phenoxy) is 5. The maximum absolute atomic E-state index is 13.1. The largest absolute Gasteiger partial charge is 0.619 e. The minimum atomic E-state index is -3.65. The number of anilines is 1. The van der Waals surface area contributed by atoms with E-state index in [2.05, 4.69) is 9.46 Å². The Kier molecular flexibility index (Phi) is 11.9. The Labute approximate surface area is 279 Å². The fraction of sp³-hybridized carbons (Fsp3) is 0.367. The van der Waals surface area contributed by atoms with E-state index in [0.717, 1.165) is 31.5 Å². The maximum Gasteiger partial charge on any atom is 0.387 e. The summed E-state index contributed by atoms with van der Waals surface area (Å²) in [5.74, 6) is -1.53. The highest BCUT2D eigenvalue weighted by atomic mass is 35.5. The summed E-state index contributed by atoms with van der Waals surface area (Å²) in [6.07, 6.45) is 3.31. The lowest BCUT2D eigenvalue weighted by molar-refractivity contribution is -0.605. The van der Waals surface area contributed by atoms with Gasteiger partial charge in [-0.3, -0.25) is 9.52 Å². The molecule has 1 aliphatic rings. The molecule has 17 heteroatoms. The van der Waals surface area contributed by atoms with Gasteiger partial charge >= 0.3 is 18.6 Å². The van der Waals surface area contributed by atoms with Gasteiger partial charge in [0.2, 0.25) is 10.0 Å². The van der Waals surface area contributed by atoms with Crippen LogP contribution < -0.4 is 23.7 Å². The van der Waals surface area contributed by atoms with Gasteiger partial charge in [-0.25, -0.2) is 13.2 Å². The second-order valence-electron chi connectivity index (χ2n) is 10.6. The van der Waals surface area contributed by atoms with Crippen molar-refractivity contribution in [2.45, 2.75) is 38.4 Å². The van der Waals surface area contributed by atoms with Crippen LogP contribution in [0.5, 0.6) is 17.2 Å². The van der Waals surface area contributed by atoms with Crippen molar-refractivity contribution in [2.24, 2.45) is 5.92 Å². The van der Waals surface area contributed by atoms with E-state index < -0.39 is 41.3 Å². The van der Waals surface area contributed by atoms with Crippen LogP contribution >= 0.6 is 23.2 Å². The number of hydrogen-bond acceptors (Lipinski definition) is 10. The van der Waals surface area contributed by atoms with Crippen molar-refractivity contribution in [2.75, 3.05) is 31.3 Å². The fourth-order valence-corrected chi connectivity index (χ4v) is 5.51. The molecule has 1 atom stereocenters. The van der Waals surface area contributed by atoms with E-state index in [4.69, 9.17) is 42.1 Å². The van der Waals surface area contributed by atoms with E-state index in [0.29, 0.717) is 10.3 Å². The summed E-state index contributed by atoms with van der Waals surface area (Å²) in [7, 11) is -2.30. The molecule has 4 rings (SSSR count). The van der Waals surface area contributed by atoms with Crippen molar-refractivity contribution in [3.8, 4) is 17.2 Å². The van der Waals surface area contributed by atoms with Gasteiger partial charge in [0.25, 0.3) is 0 Å². The summed E-state index contributed by atoms with van der Waals surface area (Å²) in [5.41, 5.74) is 1.00. The number of carbonyl (C=O) groups is 2. The van der Waals surface area contributed by atoms with E-state index in [1.165, 1.54) is 43.5 Å². The lowest BCUT2D eigenvalue weighted by Gasteiger charge is -2.21. The Balaban J connectivity index is 1.51. The number of nitrogens with one attached hydrogen (secondary N) is 1. The van der Waals surface area contributed by atoms with Crippen LogP contribution in [0.3, 0.4) is 0 Å². The number of aromatic nitrogens is 1. The van der Waals surface area contributed by atoms with Crippen LogP contribution in [0.15, 0.2) is 48.8 Å². The van der Waals surface area contributed by atoms with Crippen LogP contribution in [0.4, 0.5) is 14.5 Å². The first-order valence-corrected chi connectivity index (χ1v) is 16.6. The quantitative estimate of drug-likeness (QED) is 0.122. The normalized spacial score (nSPS) is 13.5. The van der Waals surface area contributed by atoms with Gasteiger partial charge in [0.1, 0.15) is 21.9 Å². The van der Waals surface area contributed by atoms with Crippen LogP contribution in [0, 0.1) is 11.1 Å². The van der Waals surface area contributed by atoms with Crippen LogP contribution in [0.25, 0.3) is 0 Å². The third kappa shape index (κ3) is 11.0. The smallest absolute Gasteiger partial charge is 0.387 e. The third-order valence-corrected chi connectivity index (χ3v) is 7.95. The molecule has 0 aliphatic heterocycles. The Hall–Kier alpha value is -4.08. The summed E-state index contributed by atoms with van der Waals surface area (Å²) in [6.45, 7) is -3.66. The van der Waals surface area contributed by atoms with E-state index >= 15 is 0 Å². The van der Waals surface area contributed by atoms with E-state index in [1.807, 2.05) is 0 Å². The van der Waals surface area contributed by atoms with Gasteiger partial charge in [-0.15, -0.1) is 0 Å². The number of carbonyl (C=O) groups excluding carboxylic acids is 2. The highest BCUT2D eigenvalue weighted by molar-refractivity contribution is 7.92. The number of methoxy groups -OCH3 is 1. The first-order valence-electron chi connectivity index (χ1n) is 14.0. The van der Waals surface area contributed by atoms with Crippen molar-refractivity contribution in [3.05, 3.63) is 80.7 Å². The minimum Gasteiger partial charge on any atom is -0.619 e. The Bertz CT molecular complexity index is 1700. The van der Waals surface area contributed by atoms with Gasteiger partial charge in [0.15, 0.2) is 30.5 Å². The number of nitrogens with zero attached hydrogens (tertiary/aromatic N) is 1. The van der Waals surface area contributed by atoms with Gasteiger partial charge in [0, 0.05) is 12.0 Å². The highest BCUT2D eigenvalue weighted by Gasteiger charge is 2.27. The summed E-state index contributed by atoms with van der Waals surface area (Å²) >= 11 is 12.5. The summed E-state index contributed by atoms with van der Waals surface area (Å²) < 4.78 is 78.5. The fourth-order valence-electron chi connectivity index (χ4n) is 4.36. The Morgan fingerprint density at radius 1 is 1.04 bits per heavy atom. The number of rotatable bonds is 16. The molecule has 1 saturated carbocycles. The number of sulfonamides is 1. The Morgan fingerprint density at radius 3 is 2.34 bits per heavy atom. The van der Waals surface area contributed by atoms with Gasteiger partial charge in [-0.2, -0.15) is 13.5 Å². The molecule has 0 bridgehead atoms. The summed E-state index contributed by atoms with van der Waals surface area (Å²) in [6, 6.07) is 8.38. The zero-order valence-electron chi connectivity index (χ0n) is 25.0. The molecule has 0 spiro atoms. The lowest BCUT2D eigenvalue weighted by Crippen LogP contribution is -2.26. The zero-order valence-corrected chi connectivity index (χ0v) is 27.4. The highest BCUT2D eigenvalue weighted by Crippen LogP contribution is 2.38. The number of pyridine rings is 1. The van der Waals surface area contributed by atoms with Crippen LogP contribution in [-0.2, 0) is 41.9 Å². The number of alkyl halides is 2. The van der Waals surface area contributed by atoms with E-state index in [9.17, 15) is 32.0 Å². The SMILES string of the molecule is COc1ccc(CC(=O)OCC(=O)O[C@@H](Cc2c(Cl)c[n+]([O-])cc2Cl)c2ccc(OC(F)F)c(OCC3CC3)c2)cc1NS(C)(=O)=O. The molecular weight excluding hydrogens is 689 g/mol. The first-order chi connectivity index (χ1) is 22.2. The number of esters is 2. The molecule has 1 fully saturated rings. The van der Waals surface area contributed by atoms with Crippen molar-refractivity contribution < 1.29 is 55.2 Å². The topological polar surface area (TPSA) is 153 Å². The lowest BCUT2D eigenvalue weighted by atomic mass is 10.0. The minimum absolute atomic E-state index is 0.00550. The van der Waals surface area contributed by atoms with Crippen LogP contribution in [0.1, 0.15) is 35.6 Å². The number of benzene rings is 2. The number of hydrogen-bond donors (Lipinski definition) is 1. The predicted molar refractivity (Wildman–Crippen MR) is 165 cm³/mol. The first kappa shape index (κ1) is 35.8. The molecule has 0 radical (unpaired) electrons. The van der Waals surface area contributed by atoms with Crippen molar-refractivity contribution >= 4 is 50.9 Å². The van der Waals surface area contributed by atoms with Gasteiger partial charge < -0.3 is 28.9 Å². The van der Waals surface area contributed by atoms with Crippen molar-refractivity contribution in [3.63, 3.8) is 0 Å². The second kappa shape index (κ2) is 15.7. The van der Waals surface area contributed by atoms with Crippen LogP contribution in [-0.4, -0.2) is 53.5 Å². The van der Waals surface area contributed by atoms with Crippen LogP contribution in [0.2, 0.25) is 10.0 Å². The second-order valence-corrected chi connectivity index (χ2v) is 13.1. The Morgan fingerprint density at radius 2 is 1.72 bits per heavy atom. The standard InChI is InChI=1S/C30H30Cl2F2N2O10S/c1-42-24-7-5-18(9-23(24)35-47(2,40)41)10-28(37)44-16-29(38)45-26(12-20-21(31)13-36(39)14-22(20)32)19-6-8-25(46-30(33)34)27(11-19)43-15-17-3-4-17/h5-9,11,13-14,17,26,30,35H,3-4,10,12,15-16H2,1-2H3/t26-/m0/s1. The molecule has 47 heavy (non-hydrogen) atoms. The molecule has 3 aromatic rings. The molecule has 0 saturated heterocycles. The monoisotopic (exact) mass is 718 g/mol. The van der Waals surface area contributed by atoms with Gasteiger partial charge in [0.05, 0.1) is 32.1 Å². The third-order valence-electron chi connectivity index (χ3n) is 6.71. The van der Waals surface area contributed by atoms with Gasteiger partial charge in [-0.1, -0.05) is 35.3 Å². The zero-order chi connectivity index (χ0) is 34.3. The van der Waals surface area contributed by atoms with E-state index in [-0.39, 0.29) is 69.5 Å². The van der Waals surface area contributed by atoms with Crippen molar-refractivity contribution in [1.29, 1.82) is 0 Å².